The molecule has 1 fully saturated rings. The first kappa shape index (κ1) is 17.0. The van der Waals surface area contributed by atoms with Gasteiger partial charge in [0.15, 0.2) is 0 Å². The summed E-state index contributed by atoms with van der Waals surface area (Å²) in [4.78, 5) is 0. The lowest BCUT2D eigenvalue weighted by Crippen LogP contribution is -2.17. The Morgan fingerprint density at radius 3 is 2.78 bits per heavy atom. The fourth-order valence-corrected chi connectivity index (χ4v) is 4.24. The van der Waals surface area contributed by atoms with Crippen LogP contribution >= 0.6 is 0 Å². The zero-order chi connectivity index (χ0) is 16.2. The largest absolute Gasteiger partial charge is 0.381 e. The summed E-state index contributed by atoms with van der Waals surface area (Å²) in [6.07, 6.45) is 8.67. The van der Waals surface area contributed by atoms with Crippen LogP contribution < -0.4 is 5.73 Å². The van der Waals surface area contributed by atoms with E-state index in [0.717, 1.165) is 19.1 Å². The van der Waals surface area contributed by atoms with Crippen LogP contribution in [0.2, 0.25) is 0 Å². The van der Waals surface area contributed by atoms with Crippen LogP contribution in [0.5, 0.6) is 0 Å². The van der Waals surface area contributed by atoms with Crippen molar-refractivity contribution in [1.82, 2.24) is 0 Å². The zero-order valence-corrected chi connectivity index (χ0v) is 14.9. The Morgan fingerprint density at radius 2 is 2.04 bits per heavy atom. The first-order valence-corrected chi connectivity index (χ1v) is 9.57. The third-order valence-electron chi connectivity index (χ3n) is 5.63. The summed E-state index contributed by atoms with van der Waals surface area (Å²) in [6.45, 7) is 6.25. The third-order valence-corrected chi connectivity index (χ3v) is 5.63. The molecule has 0 heterocycles. The summed E-state index contributed by atoms with van der Waals surface area (Å²) >= 11 is 0. The lowest BCUT2D eigenvalue weighted by Gasteiger charge is -2.26. The number of hydrogen-bond acceptors (Lipinski definition) is 2. The molecule has 1 aromatic carbocycles. The fraction of sp³-hybridized carbons (Fsp3) is 0.714. The molecule has 0 amide bonds. The summed E-state index contributed by atoms with van der Waals surface area (Å²) in [5.74, 6) is 2.15. The first-order chi connectivity index (χ1) is 11.1. The third kappa shape index (κ3) is 4.58. The van der Waals surface area contributed by atoms with E-state index in [-0.39, 0.29) is 0 Å². The summed E-state index contributed by atoms with van der Waals surface area (Å²) in [6, 6.07) is 7.68. The highest BCUT2D eigenvalue weighted by Gasteiger charge is 2.25. The lowest BCUT2D eigenvalue weighted by molar-refractivity contribution is 0.0962. The van der Waals surface area contributed by atoms with Crippen molar-refractivity contribution in [3.05, 3.63) is 34.9 Å². The van der Waals surface area contributed by atoms with E-state index in [2.05, 4.69) is 32.0 Å². The number of fused-ring (bicyclic) bond motifs is 1. The second-order valence-corrected chi connectivity index (χ2v) is 8.16. The molecule has 3 rings (SSSR count). The SMILES string of the molecule is CC(C)COCC[C@H]1CCc2cc(C3CCC(N)C3)ccc2C1. The maximum atomic E-state index is 6.08. The molecule has 0 spiro atoms. The van der Waals surface area contributed by atoms with Gasteiger partial charge in [0.05, 0.1) is 0 Å². The van der Waals surface area contributed by atoms with E-state index in [1.807, 2.05) is 0 Å². The topological polar surface area (TPSA) is 35.2 Å². The van der Waals surface area contributed by atoms with Gasteiger partial charge >= 0.3 is 0 Å². The highest BCUT2D eigenvalue weighted by molar-refractivity contribution is 5.36. The minimum absolute atomic E-state index is 0.422. The van der Waals surface area contributed by atoms with E-state index in [1.165, 1.54) is 50.5 Å². The van der Waals surface area contributed by atoms with Gasteiger partial charge in [0.1, 0.15) is 0 Å². The molecule has 3 atom stereocenters. The van der Waals surface area contributed by atoms with Crippen molar-refractivity contribution in [3.8, 4) is 0 Å². The minimum atomic E-state index is 0.422. The van der Waals surface area contributed by atoms with Crippen LogP contribution in [0.15, 0.2) is 18.2 Å². The van der Waals surface area contributed by atoms with Crippen molar-refractivity contribution in [1.29, 1.82) is 0 Å². The molecule has 1 saturated carbocycles. The van der Waals surface area contributed by atoms with E-state index in [0.29, 0.717) is 17.9 Å². The predicted octanol–water partition coefficient (Wildman–Crippen LogP) is 4.45. The second-order valence-electron chi connectivity index (χ2n) is 8.16. The quantitative estimate of drug-likeness (QED) is 0.787. The van der Waals surface area contributed by atoms with Crippen molar-refractivity contribution >= 4 is 0 Å². The number of benzene rings is 1. The smallest absolute Gasteiger partial charge is 0.0488 e. The van der Waals surface area contributed by atoms with Gasteiger partial charge in [-0.25, -0.2) is 0 Å². The van der Waals surface area contributed by atoms with Gasteiger partial charge in [0.25, 0.3) is 0 Å². The van der Waals surface area contributed by atoms with Crippen LogP contribution in [0.25, 0.3) is 0 Å². The summed E-state index contributed by atoms with van der Waals surface area (Å²) in [7, 11) is 0. The molecule has 0 aromatic heterocycles. The van der Waals surface area contributed by atoms with E-state index in [4.69, 9.17) is 10.5 Å². The number of aryl methyl sites for hydroxylation is 1. The van der Waals surface area contributed by atoms with E-state index in [1.54, 1.807) is 11.1 Å². The van der Waals surface area contributed by atoms with E-state index >= 15 is 0 Å². The Balaban J connectivity index is 1.53. The molecule has 2 heteroatoms. The van der Waals surface area contributed by atoms with E-state index < -0.39 is 0 Å². The standard InChI is InChI=1S/C21H33NO/c1-15(2)14-23-10-9-16-3-4-18-12-19(6-5-17(18)11-16)20-7-8-21(22)13-20/h5-6,12,15-16,20-21H,3-4,7-11,13-14,22H2,1-2H3/t16-,20?,21?/m1/s1. The van der Waals surface area contributed by atoms with Gasteiger partial charge in [-0.1, -0.05) is 32.0 Å². The number of rotatable bonds is 6. The Labute approximate surface area is 141 Å². The second kappa shape index (κ2) is 7.81. The van der Waals surface area contributed by atoms with Crippen LogP contribution in [0.4, 0.5) is 0 Å². The Hall–Kier alpha value is -0.860. The predicted molar refractivity (Wildman–Crippen MR) is 96.8 cm³/mol. The molecule has 2 nitrogen and oxygen atoms in total. The van der Waals surface area contributed by atoms with Crippen LogP contribution in [0.1, 0.15) is 68.6 Å². The van der Waals surface area contributed by atoms with Gasteiger partial charge < -0.3 is 10.5 Å². The fourth-order valence-electron chi connectivity index (χ4n) is 4.24. The highest BCUT2D eigenvalue weighted by atomic mass is 16.5. The molecular formula is C21H33NO. The molecule has 0 radical (unpaired) electrons. The number of ether oxygens (including phenoxy) is 1. The van der Waals surface area contributed by atoms with Gasteiger partial charge in [0, 0.05) is 19.3 Å². The van der Waals surface area contributed by atoms with Crippen molar-refractivity contribution in [3.63, 3.8) is 0 Å². The first-order valence-electron chi connectivity index (χ1n) is 9.57. The molecule has 2 unspecified atom stereocenters. The summed E-state index contributed by atoms with van der Waals surface area (Å²) in [5.41, 5.74) is 10.8. The minimum Gasteiger partial charge on any atom is -0.381 e. The van der Waals surface area contributed by atoms with Crippen molar-refractivity contribution in [2.75, 3.05) is 13.2 Å². The summed E-state index contributed by atoms with van der Waals surface area (Å²) in [5, 5.41) is 0. The van der Waals surface area contributed by atoms with Crippen molar-refractivity contribution in [2.24, 2.45) is 17.6 Å². The Kier molecular flexibility index (Phi) is 5.76. The van der Waals surface area contributed by atoms with Crippen LogP contribution in [0.3, 0.4) is 0 Å². The average Bonchev–Trinajstić information content (AvgIpc) is 2.97. The zero-order valence-electron chi connectivity index (χ0n) is 14.9. The Morgan fingerprint density at radius 1 is 1.17 bits per heavy atom. The molecule has 2 aliphatic rings. The molecule has 128 valence electrons. The monoisotopic (exact) mass is 315 g/mol. The highest BCUT2D eigenvalue weighted by Crippen LogP contribution is 2.36. The lowest BCUT2D eigenvalue weighted by atomic mass is 9.80. The maximum Gasteiger partial charge on any atom is 0.0488 e. The normalized spacial score (nSPS) is 27.4. The molecule has 0 aliphatic heterocycles. The number of hydrogen-bond donors (Lipinski definition) is 1. The molecule has 2 N–H and O–H groups in total. The van der Waals surface area contributed by atoms with E-state index in [9.17, 15) is 0 Å². The molecule has 23 heavy (non-hydrogen) atoms. The molecule has 1 aromatic rings. The summed E-state index contributed by atoms with van der Waals surface area (Å²) < 4.78 is 5.77. The Bertz CT molecular complexity index is 511. The van der Waals surface area contributed by atoms with Crippen molar-refractivity contribution < 1.29 is 4.74 Å². The van der Waals surface area contributed by atoms with Gasteiger partial charge in [-0.2, -0.15) is 0 Å². The van der Waals surface area contributed by atoms with Gasteiger partial charge in [-0.05, 0) is 79.4 Å². The van der Waals surface area contributed by atoms with Gasteiger partial charge in [-0.15, -0.1) is 0 Å². The van der Waals surface area contributed by atoms with Crippen molar-refractivity contribution in [2.45, 2.75) is 70.8 Å². The average molecular weight is 316 g/mol. The maximum absolute atomic E-state index is 6.08. The van der Waals surface area contributed by atoms with Crippen LogP contribution in [-0.2, 0) is 17.6 Å². The molecule has 2 aliphatic carbocycles. The molecule has 0 bridgehead atoms. The van der Waals surface area contributed by atoms with Crippen LogP contribution in [0, 0.1) is 11.8 Å². The molecular weight excluding hydrogens is 282 g/mol. The van der Waals surface area contributed by atoms with Gasteiger partial charge in [-0.3, -0.25) is 0 Å². The number of nitrogens with two attached hydrogens (primary N) is 1. The van der Waals surface area contributed by atoms with Crippen LogP contribution in [-0.4, -0.2) is 19.3 Å². The van der Waals surface area contributed by atoms with Gasteiger partial charge in [0.2, 0.25) is 0 Å². The molecule has 0 saturated heterocycles.